The zero-order valence-electron chi connectivity index (χ0n) is 12.2. The molecule has 0 aliphatic rings. The second-order valence-electron chi connectivity index (χ2n) is 4.99. The van der Waals surface area contributed by atoms with E-state index in [1.807, 2.05) is 10.7 Å². The SMILES string of the molecule is CCCn1ncc(OC)c1C(N)c1csc2ccccc12. The van der Waals surface area contributed by atoms with Crippen molar-refractivity contribution in [3.8, 4) is 5.75 Å². The Morgan fingerprint density at radius 1 is 1.38 bits per heavy atom. The maximum absolute atomic E-state index is 6.54. The number of fused-ring (bicyclic) bond motifs is 1. The molecule has 1 unspecified atom stereocenters. The van der Waals surface area contributed by atoms with E-state index in [9.17, 15) is 0 Å². The summed E-state index contributed by atoms with van der Waals surface area (Å²) in [6, 6.07) is 8.11. The van der Waals surface area contributed by atoms with Crippen LogP contribution in [0.15, 0.2) is 35.8 Å². The van der Waals surface area contributed by atoms with Crippen molar-refractivity contribution in [3.05, 3.63) is 47.1 Å². The second kappa shape index (κ2) is 5.87. The first-order valence-electron chi connectivity index (χ1n) is 7.07. The van der Waals surface area contributed by atoms with Gasteiger partial charge in [-0.05, 0) is 28.8 Å². The lowest BCUT2D eigenvalue weighted by molar-refractivity contribution is 0.404. The Hall–Kier alpha value is -1.85. The van der Waals surface area contributed by atoms with E-state index in [1.54, 1.807) is 24.6 Å². The van der Waals surface area contributed by atoms with Gasteiger partial charge in [-0.1, -0.05) is 25.1 Å². The molecule has 2 N–H and O–H groups in total. The van der Waals surface area contributed by atoms with Gasteiger partial charge in [0, 0.05) is 11.2 Å². The molecular weight excluding hydrogens is 282 g/mol. The average molecular weight is 301 g/mol. The summed E-state index contributed by atoms with van der Waals surface area (Å²) in [5.41, 5.74) is 8.62. The molecule has 1 aromatic carbocycles. The summed E-state index contributed by atoms with van der Waals surface area (Å²) >= 11 is 1.72. The van der Waals surface area contributed by atoms with Crippen molar-refractivity contribution in [1.82, 2.24) is 9.78 Å². The van der Waals surface area contributed by atoms with Crippen molar-refractivity contribution in [3.63, 3.8) is 0 Å². The van der Waals surface area contributed by atoms with Crippen molar-refractivity contribution in [2.75, 3.05) is 7.11 Å². The summed E-state index contributed by atoms with van der Waals surface area (Å²) < 4.78 is 8.65. The summed E-state index contributed by atoms with van der Waals surface area (Å²) in [6.45, 7) is 2.97. The van der Waals surface area contributed by atoms with Crippen molar-refractivity contribution < 1.29 is 4.74 Å². The Balaban J connectivity index is 2.09. The van der Waals surface area contributed by atoms with Gasteiger partial charge in [-0.3, -0.25) is 4.68 Å². The van der Waals surface area contributed by atoms with Gasteiger partial charge < -0.3 is 10.5 Å². The normalized spacial score (nSPS) is 12.7. The number of ether oxygens (including phenoxy) is 1. The van der Waals surface area contributed by atoms with E-state index in [0.717, 1.165) is 30.0 Å². The van der Waals surface area contributed by atoms with Crippen LogP contribution >= 0.6 is 11.3 Å². The molecule has 0 radical (unpaired) electrons. The molecule has 0 saturated heterocycles. The number of hydrogen-bond donors (Lipinski definition) is 1. The van der Waals surface area contributed by atoms with Crippen LogP contribution < -0.4 is 10.5 Å². The van der Waals surface area contributed by atoms with Crippen molar-refractivity contribution >= 4 is 21.4 Å². The molecule has 21 heavy (non-hydrogen) atoms. The Bertz CT molecular complexity index is 747. The monoisotopic (exact) mass is 301 g/mol. The molecule has 2 aromatic heterocycles. The van der Waals surface area contributed by atoms with E-state index < -0.39 is 0 Å². The Kier molecular flexibility index (Phi) is 3.94. The van der Waals surface area contributed by atoms with Crippen LogP contribution in [-0.2, 0) is 6.54 Å². The number of benzene rings is 1. The van der Waals surface area contributed by atoms with Crippen LogP contribution in [0.3, 0.4) is 0 Å². The standard InChI is InChI=1S/C16H19N3OS/c1-3-8-19-16(13(20-2)9-18-19)15(17)12-10-21-14-7-5-4-6-11(12)14/h4-7,9-10,15H,3,8,17H2,1-2H3. The van der Waals surface area contributed by atoms with Gasteiger partial charge in [0.05, 0.1) is 19.3 Å². The van der Waals surface area contributed by atoms with Crippen LogP contribution in [0.1, 0.15) is 30.6 Å². The topological polar surface area (TPSA) is 53.1 Å². The Morgan fingerprint density at radius 3 is 2.95 bits per heavy atom. The second-order valence-corrected chi connectivity index (χ2v) is 5.90. The fraction of sp³-hybridized carbons (Fsp3) is 0.312. The average Bonchev–Trinajstić information content (AvgIpc) is 3.10. The summed E-state index contributed by atoms with van der Waals surface area (Å²) in [5.74, 6) is 0.756. The lowest BCUT2D eigenvalue weighted by Crippen LogP contribution is -2.18. The molecule has 0 amide bonds. The van der Waals surface area contributed by atoms with Crippen molar-refractivity contribution in [1.29, 1.82) is 0 Å². The van der Waals surface area contributed by atoms with E-state index in [0.29, 0.717) is 0 Å². The maximum atomic E-state index is 6.54. The van der Waals surface area contributed by atoms with Gasteiger partial charge in [0.1, 0.15) is 5.69 Å². The fourth-order valence-corrected chi connectivity index (χ4v) is 3.62. The highest BCUT2D eigenvalue weighted by molar-refractivity contribution is 7.17. The van der Waals surface area contributed by atoms with Gasteiger partial charge in [0.25, 0.3) is 0 Å². The molecule has 0 saturated carbocycles. The molecule has 1 atom stereocenters. The van der Waals surface area contributed by atoms with Gasteiger partial charge in [0.15, 0.2) is 5.75 Å². The van der Waals surface area contributed by atoms with Crippen LogP contribution in [0.2, 0.25) is 0 Å². The van der Waals surface area contributed by atoms with E-state index >= 15 is 0 Å². The first kappa shape index (κ1) is 14.1. The van der Waals surface area contributed by atoms with Gasteiger partial charge in [-0.25, -0.2) is 0 Å². The zero-order chi connectivity index (χ0) is 14.8. The molecule has 5 heteroatoms. The van der Waals surface area contributed by atoms with Gasteiger partial charge in [-0.15, -0.1) is 11.3 Å². The lowest BCUT2D eigenvalue weighted by Gasteiger charge is -2.15. The quantitative estimate of drug-likeness (QED) is 0.784. The minimum Gasteiger partial charge on any atom is -0.493 e. The highest BCUT2D eigenvalue weighted by atomic mass is 32.1. The summed E-state index contributed by atoms with van der Waals surface area (Å²) in [7, 11) is 1.66. The third-order valence-corrected chi connectivity index (χ3v) is 4.62. The molecule has 0 aliphatic heterocycles. The number of methoxy groups -OCH3 is 1. The molecule has 3 rings (SSSR count). The molecule has 110 valence electrons. The predicted octanol–water partition coefficient (Wildman–Crippen LogP) is 3.56. The number of thiophene rings is 1. The molecule has 2 heterocycles. The van der Waals surface area contributed by atoms with E-state index in [4.69, 9.17) is 10.5 Å². The number of nitrogens with zero attached hydrogens (tertiary/aromatic N) is 2. The summed E-state index contributed by atoms with van der Waals surface area (Å²) in [4.78, 5) is 0. The predicted molar refractivity (Wildman–Crippen MR) is 86.9 cm³/mol. The first-order valence-corrected chi connectivity index (χ1v) is 7.95. The summed E-state index contributed by atoms with van der Waals surface area (Å²) in [5, 5.41) is 7.75. The van der Waals surface area contributed by atoms with Gasteiger partial charge in [-0.2, -0.15) is 5.10 Å². The number of aryl methyl sites for hydroxylation is 1. The van der Waals surface area contributed by atoms with E-state index in [2.05, 4.69) is 35.6 Å². The number of rotatable bonds is 5. The van der Waals surface area contributed by atoms with Crippen LogP contribution in [0, 0.1) is 0 Å². The van der Waals surface area contributed by atoms with E-state index in [1.165, 1.54) is 10.1 Å². The molecular formula is C16H19N3OS. The Morgan fingerprint density at radius 2 is 2.19 bits per heavy atom. The number of nitrogens with two attached hydrogens (primary N) is 1. The van der Waals surface area contributed by atoms with Crippen LogP contribution in [0.25, 0.3) is 10.1 Å². The molecule has 0 aliphatic carbocycles. The van der Waals surface area contributed by atoms with Gasteiger partial charge in [0.2, 0.25) is 0 Å². The molecule has 3 aromatic rings. The highest BCUT2D eigenvalue weighted by Gasteiger charge is 2.22. The first-order chi connectivity index (χ1) is 10.3. The van der Waals surface area contributed by atoms with Crippen LogP contribution in [-0.4, -0.2) is 16.9 Å². The largest absolute Gasteiger partial charge is 0.493 e. The third-order valence-electron chi connectivity index (χ3n) is 3.64. The lowest BCUT2D eigenvalue weighted by atomic mass is 10.0. The van der Waals surface area contributed by atoms with Gasteiger partial charge >= 0.3 is 0 Å². The molecule has 0 fully saturated rings. The maximum Gasteiger partial charge on any atom is 0.161 e. The zero-order valence-corrected chi connectivity index (χ0v) is 13.1. The molecule has 0 bridgehead atoms. The van der Waals surface area contributed by atoms with E-state index in [-0.39, 0.29) is 6.04 Å². The van der Waals surface area contributed by atoms with Crippen molar-refractivity contribution in [2.45, 2.75) is 25.9 Å². The highest BCUT2D eigenvalue weighted by Crippen LogP contribution is 2.35. The minimum absolute atomic E-state index is 0.231. The van der Waals surface area contributed by atoms with Crippen LogP contribution in [0.5, 0.6) is 5.75 Å². The molecule has 4 nitrogen and oxygen atoms in total. The fourth-order valence-electron chi connectivity index (χ4n) is 2.63. The number of hydrogen-bond acceptors (Lipinski definition) is 4. The van der Waals surface area contributed by atoms with Crippen molar-refractivity contribution in [2.24, 2.45) is 5.73 Å². The number of aromatic nitrogens is 2. The Labute approximate surface area is 128 Å². The smallest absolute Gasteiger partial charge is 0.161 e. The minimum atomic E-state index is -0.231. The molecule has 0 spiro atoms. The summed E-state index contributed by atoms with van der Waals surface area (Å²) in [6.07, 6.45) is 2.76. The third kappa shape index (κ3) is 2.43. The van der Waals surface area contributed by atoms with Crippen LogP contribution in [0.4, 0.5) is 0 Å².